The number of benzene rings is 1. The van der Waals surface area contributed by atoms with Gasteiger partial charge in [-0.1, -0.05) is 12.1 Å². The van der Waals surface area contributed by atoms with E-state index in [2.05, 4.69) is 4.72 Å². The van der Waals surface area contributed by atoms with Gasteiger partial charge in [-0.25, -0.2) is 13.1 Å². The maximum absolute atomic E-state index is 12.5. The van der Waals surface area contributed by atoms with Crippen molar-refractivity contribution in [1.82, 2.24) is 9.62 Å². The average Bonchev–Trinajstić information content (AvgIpc) is 3.23. The number of hydrogen-bond acceptors (Lipinski definition) is 3. The third-order valence-electron chi connectivity index (χ3n) is 4.42. The molecule has 1 heterocycles. The first kappa shape index (κ1) is 15.5. The zero-order chi connectivity index (χ0) is 15.9. The molecule has 1 amide bonds. The number of carbonyl (C=O) groups excluding carboxylic acids is 1. The summed E-state index contributed by atoms with van der Waals surface area (Å²) >= 11 is 0. The van der Waals surface area contributed by atoms with Crippen molar-refractivity contribution in [3.8, 4) is 0 Å². The summed E-state index contributed by atoms with van der Waals surface area (Å²) in [5.41, 5.74) is 1.65. The molecule has 1 unspecified atom stereocenters. The standard InChI is InChI=1S/C16H22N2O3S/c1-11-3-4-12(2)15(7-11)22(20,21)17-9-13-8-16(19)18(10-13)14-5-6-14/h3-4,7,13-14,17H,5-6,8-10H2,1-2H3. The normalized spacial score (nSPS) is 22.4. The van der Waals surface area contributed by atoms with Crippen molar-refractivity contribution in [2.24, 2.45) is 5.92 Å². The van der Waals surface area contributed by atoms with Gasteiger partial charge in [-0.2, -0.15) is 0 Å². The Morgan fingerprint density at radius 3 is 2.68 bits per heavy atom. The van der Waals surface area contributed by atoms with E-state index < -0.39 is 10.0 Å². The molecule has 1 aliphatic carbocycles. The number of aryl methyl sites for hydroxylation is 2. The van der Waals surface area contributed by atoms with E-state index in [1.54, 1.807) is 13.0 Å². The van der Waals surface area contributed by atoms with Gasteiger partial charge in [0.25, 0.3) is 0 Å². The number of carbonyl (C=O) groups is 1. The first-order chi connectivity index (χ1) is 10.4. The Kier molecular flexibility index (Phi) is 3.99. The maximum atomic E-state index is 12.5. The summed E-state index contributed by atoms with van der Waals surface area (Å²) in [5, 5.41) is 0. The summed E-state index contributed by atoms with van der Waals surface area (Å²) in [6, 6.07) is 5.82. The van der Waals surface area contributed by atoms with Gasteiger partial charge in [0.15, 0.2) is 0 Å². The van der Waals surface area contributed by atoms with Crippen LogP contribution in [0.1, 0.15) is 30.4 Å². The zero-order valence-electron chi connectivity index (χ0n) is 13.0. The molecule has 22 heavy (non-hydrogen) atoms. The van der Waals surface area contributed by atoms with Crippen molar-refractivity contribution in [1.29, 1.82) is 0 Å². The fourth-order valence-electron chi connectivity index (χ4n) is 2.99. The van der Waals surface area contributed by atoms with Crippen LogP contribution >= 0.6 is 0 Å². The van der Waals surface area contributed by atoms with E-state index in [9.17, 15) is 13.2 Å². The van der Waals surface area contributed by atoms with Crippen molar-refractivity contribution in [3.05, 3.63) is 29.3 Å². The lowest BCUT2D eigenvalue weighted by Gasteiger charge is -2.16. The molecular weight excluding hydrogens is 300 g/mol. The highest BCUT2D eigenvalue weighted by Crippen LogP contribution is 2.32. The molecule has 0 bridgehead atoms. The number of nitrogens with one attached hydrogen (secondary N) is 1. The minimum absolute atomic E-state index is 0.0768. The van der Waals surface area contributed by atoms with Crippen LogP contribution in [0.15, 0.2) is 23.1 Å². The minimum Gasteiger partial charge on any atom is -0.339 e. The van der Waals surface area contributed by atoms with Crippen molar-refractivity contribution in [2.45, 2.75) is 44.0 Å². The van der Waals surface area contributed by atoms with Crippen LogP contribution in [0.4, 0.5) is 0 Å². The molecule has 120 valence electrons. The topological polar surface area (TPSA) is 66.5 Å². The molecule has 0 radical (unpaired) electrons. The van der Waals surface area contributed by atoms with Crippen LogP contribution in [0.3, 0.4) is 0 Å². The Bertz CT molecular complexity index is 695. The Balaban J connectivity index is 1.65. The van der Waals surface area contributed by atoms with E-state index in [1.807, 2.05) is 24.0 Å². The molecule has 1 saturated carbocycles. The lowest BCUT2D eigenvalue weighted by Crippen LogP contribution is -2.32. The summed E-state index contributed by atoms with van der Waals surface area (Å²) in [4.78, 5) is 14.2. The minimum atomic E-state index is -3.52. The van der Waals surface area contributed by atoms with Crippen LogP contribution in [0, 0.1) is 19.8 Å². The first-order valence-electron chi connectivity index (χ1n) is 7.73. The Labute approximate surface area is 131 Å². The van der Waals surface area contributed by atoms with Gasteiger partial charge >= 0.3 is 0 Å². The Morgan fingerprint density at radius 1 is 1.27 bits per heavy atom. The molecule has 0 spiro atoms. The van der Waals surface area contributed by atoms with E-state index in [1.165, 1.54) is 0 Å². The van der Waals surface area contributed by atoms with Crippen molar-refractivity contribution in [2.75, 3.05) is 13.1 Å². The van der Waals surface area contributed by atoms with E-state index in [0.29, 0.717) is 30.4 Å². The summed E-state index contributed by atoms with van der Waals surface area (Å²) in [5.74, 6) is 0.242. The largest absolute Gasteiger partial charge is 0.339 e. The molecule has 5 nitrogen and oxygen atoms in total. The first-order valence-corrected chi connectivity index (χ1v) is 9.21. The molecule has 1 atom stereocenters. The zero-order valence-corrected chi connectivity index (χ0v) is 13.8. The third kappa shape index (κ3) is 3.17. The maximum Gasteiger partial charge on any atom is 0.240 e. The molecule has 1 aromatic carbocycles. The molecule has 1 aliphatic heterocycles. The summed E-state index contributed by atoms with van der Waals surface area (Å²) in [6.07, 6.45) is 2.63. The lowest BCUT2D eigenvalue weighted by molar-refractivity contribution is -0.128. The molecule has 1 aromatic rings. The van der Waals surface area contributed by atoms with Gasteiger partial charge in [0.05, 0.1) is 4.90 Å². The van der Waals surface area contributed by atoms with Crippen LogP contribution < -0.4 is 4.72 Å². The molecule has 2 aliphatic rings. The van der Waals surface area contributed by atoms with Gasteiger partial charge in [-0.3, -0.25) is 4.79 Å². The fourth-order valence-corrected chi connectivity index (χ4v) is 4.43. The van der Waals surface area contributed by atoms with Gasteiger partial charge in [-0.15, -0.1) is 0 Å². The van der Waals surface area contributed by atoms with E-state index in [-0.39, 0.29) is 11.8 Å². The van der Waals surface area contributed by atoms with Crippen LogP contribution in [0.5, 0.6) is 0 Å². The second kappa shape index (κ2) is 5.66. The molecule has 1 saturated heterocycles. The van der Waals surface area contributed by atoms with Crippen LogP contribution in [-0.4, -0.2) is 38.4 Å². The van der Waals surface area contributed by atoms with Crippen LogP contribution in [-0.2, 0) is 14.8 Å². The van der Waals surface area contributed by atoms with Crippen LogP contribution in [0.25, 0.3) is 0 Å². The highest BCUT2D eigenvalue weighted by Gasteiger charge is 2.39. The predicted octanol–water partition coefficient (Wildman–Crippen LogP) is 1.59. The monoisotopic (exact) mass is 322 g/mol. The highest BCUT2D eigenvalue weighted by atomic mass is 32.2. The molecule has 2 fully saturated rings. The number of sulfonamides is 1. The average molecular weight is 322 g/mol. The summed E-state index contributed by atoms with van der Waals surface area (Å²) in [7, 11) is -3.52. The second-order valence-corrected chi connectivity index (χ2v) is 8.20. The van der Waals surface area contributed by atoms with E-state index >= 15 is 0 Å². The Hall–Kier alpha value is -1.40. The molecular formula is C16H22N2O3S. The summed E-state index contributed by atoms with van der Waals surface area (Å²) in [6.45, 7) is 4.67. The molecule has 1 N–H and O–H groups in total. The SMILES string of the molecule is Cc1ccc(C)c(S(=O)(=O)NCC2CC(=O)N(C3CC3)C2)c1. The number of likely N-dealkylation sites (tertiary alicyclic amines) is 1. The second-order valence-electron chi connectivity index (χ2n) is 6.47. The van der Waals surface area contributed by atoms with Gasteiger partial charge in [0.1, 0.15) is 0 Å². The Morgan fingerprint density at radius 2 is 2.00 bits per heavy atom. The third-order valence-corrected chi connectivity index (χ3v) is 5.99. The van der Waals surface area contributed by atoms with Gasteiger partial charge < -0.3 is 4.90 Å². The smallest absolute Gasteiger partial charge is 0.240 e. The predicted molar refractivity (Wildman–Crippen MR) is 83.9 cm³/mol. The molecule has 6 heteroatoms. The van der Waals surface area contributed by atoms with E-state index in [4.69, 9.17) is 0 Å². The fraction of sp³-hybridized carbons (Fsp3) is 0.562. The van der Waals surface area contributed by atoms with Crippen LogP contribution in [0.2, 0.25) is 0 Å². The highest BCUT2D eigenvalue weighted by molar-refractivity contribution is 7.89. The van der Waals surface area contributed by atoms with Crippen molar-refractivity contribution < 1.29 is 13.2 Å². The van der Waals surface area contributed by atoms with Crippen molar-refractivity contribution in [3.63, 3.8) is 0 Å². The number of hydrogen-bond donors (Lipinski definition) is 1. The van der Waals surface area contributed by atoms with E-state index in [0.717, 1.165) is 24.0 Å². The van der Waals surface area contributed by atoms with Gasteiger partial charge in [-0.05, 0) is 49.8 Å². The number of nitrogens with zero attached hydrogens (tertiary/aromatic N) is 1. The molecule has 0 aromatic heterocycles. The van der Waals surface area contributed by atoms with Gasteiger partial charge in [0, 0.05) is 25.6 Å². The molecule has 3 rings (SSSR count). The number of amides is 1. The quantitative estimate of drug-likeness (QED) is 0.895. The summed E-state index contributed by atoms with van der Waals surface area (Å²) < 4.78 is 27.6. The van der Waals surface area contributed by atoms with Crippen molar-refractivity contribution >= 4 is 15.9 Å². The van der Waals surface area contributed by atoms with Gasteiger partial charge in [0.2, 0.25) is 15.9 Å². The number of rotatable bonds is 5. The lowest BCUT2D eigenvalue weighted by atomic mass is 10.1.